The molecule has 0 radical (unpaired) electrons. The zero-order valence-electron chi connectivity index (χ0n) is 10.9. The van der Waals surface area contributed by atoms with E-state index in [1.54, 1.807) is 10.8 Å². The van der Waals surface area contributed by atoms with Gasteiger partial charge in [0.15, 0.2) is 0 Å². The molecule has 2 aromatic heterocycles. The Kier molecular flexibility index (Phi) is 2.89. The molecule has 1 atom stereocenters. The summed E-state index contributed by atoms with van der Waals surface area (Å²) in [6.45, 7) is 4.40. The summed E-state index contributed by atoms with van der Waals surface area (Å²) < 4.78 is 1.79. The van der Waals surface area contributed by atoms with E-state index in [9.17, 15) is 0 Å². The average Bonchev–Trinajstić information content (AvgIpc) is 3.09. The summed E-state index contributed by atoms with van der Waals surface area (Å²) in [5.41, 5.74) is 1.09. The molecule has 96 valence electrons. The molecule has 1 fully saturated rings. The first-order valence-corrected chi connectivity index (χ1v) is 6.74. The second kappa shape index (κ2) is 4.55. The monoisotopic (exact) mass is 245 g/mol. The van der Waals surface area contributed by atoms with Crippen molar-refractivity contribution < 1.29 is 0 Å². The lowest BCUT2D eigenvalue weighted by molar-refractivity contribution is 0.683. The number of aryl methyl sites for hydroxylation is 1. The van der Waals surface area contributed by atoms with Gasteiger partial charge in [-0.15, -0.1) is 0 Å². The van der Waals surface area contributed by atoms with E-state index in [0.29, 0.717) is 11.8 Å². The minimum atomic E-state index is 0.495. The van der Waals surface area contributed by atoms with Crippen LogP contribution in [0.25, 0.3) is 5.78 Å². The van der Waals surface area contributed by atoms with Crippen molar-refractivity contribution in [3.05, 3.63) is 18.1 Å². The molecule has 1 aliphatic carbocycles. The van der Waals surface area contributed by atoms with Crippen molar-refractivity contribution >= 4 is 11.6 Å². The Balaban J connectivity index is 1.93. The summed E-state index contributed by atoms with van der Waals surface area (Å²) in [7, 11) is 0. The van der Waals surface area contributed by atoms with Crippen molar-refractivity contribution in [2.24, 2.45) is 5.92 Å². The maximum absolute atomic E-state index is 4.50. The topological polar surface area (TPSA) is 55.1 Å². The SMILES string of the molecule is CCCc1cc(N[C@@H](C)C2CC2)n2ncnc2n1. The minimum absolute atomic E-state index is 0.495. The van der Waals surface area contributed by atoms with Gasteiger partial charge >= 0.3 is 0 Å². The highest BCUT2D eigenvalue weighted by molar-refractivity contribution is 5.45. The van der Waals surface area contributed by atoms with E-state index < -0.39 is 0 Å². The molecule has 5 heteroatoms. The summed E-state index contributed by atoms with van der Waals surface area (Å²) in [4.78, 5) is 8.69. The Bertz CT molecular complexity index is 543. The molecular weight excluding hydrogens is 226 g/mol. The highest BCUT2D eigenvalue weighted by Gasteiger charge is 2.28. The third-order valence-corrected chi connectivity index (χ3v) is 3.52. The zero-order valence-corrected chi connectivity index (χ0v) is 10.9. The van der Waals surface area contributed by atoms with Crippen LogP contribution in [0.5, 0.6) is 0 Å². The Labute approximate surface area is 107 Å². The zero-order chi connectivity index (χ0) is 12.5. The normalized spacial score (nSPS) is 17.0. The first kappa shape index (κ1) is 11.4. The number of fused-ring (bicyclic) bond motifs is 1. The quantitative estimate of drug-likeness (QED) is 0.878. The largest absolute Gasteiger partial charge is 0.367 e. The summed E-state index contributed by atoms with van der Waals surface area (Å²) in [6.07, 6.45) is 6.30. The summed E-state index contributed by atoms with van der Waals surface area (Å²) in [5, 5.41) is 7.79. The number of hydrogen-bond acceptors (Lipinski definition) is 4. The van der Waals surface area contributed by atoms with Gasteiger partial charge in [0.1, 0.15) is 12.1 Å². The fourth-order valence-corrected chi connectivity index (χ4v) is 2.30. The molecule has 1 saturated carbocycles. The van der Waals surface area contributed by atoms with Gasteiger partial charge in [-0.2, -0.15) is 14.6 Å². The molecule has 0 amide bonds. The number of aromatic nitrogens is 4. The number of rotatable bonds is 5. The maximum atomic E-state index is 4.50. The second-order valence-corrected chi connectivity index (χ2v) is 5.13. The van der Waals surface area contributed by atoms with Crippen molar-refractivity contribution in [2.45, 2.75) is 45.6 Å². The van der Waals surface area contributed by atoms with E-state index in [-0.39, 0.29) is 0 Å². The summed E-state index contributed by atoms with van der Waals surface area (Å²) >= 11 is 0. The first-order valence-electron chi connectivity index (χ1n) is 6.74. The van der Waals surface area contributed by atoms with E-state index >= 15 is 0 Å². The van der Waals surface area contributed by atoms with Gasteiger partial charge < -0.3 is 5.32 Å². The Hall–Kier alpha value is -1.65. The van der Waals surface area contributed by atoms with Crippen molar-refractivity contribution in [2.75, 3.05) is 5.32 Å². The van der Waals surface area contributed by atoms with Gasteiger partial charge in [0.25, 0.3) is 5.78 Å². The van der Waals surface area contributed by atoms with Crippen LogP contribution in [0.2, 0.25) is 0 Å². The van der Waals surface area contributed by atoms with Crippen LogP contribution in [0.3, 0.4) is 0 Å². The number of nitrogens with one attached hydrogen (secondary N) is 1. The molecular formula is C13H19N5. The molecule has 2 aromatic rings. The van der Waals surface area contributed by atoms with Crippen molar-refractivity contribution in [1.29, 1.82) is 0 Å². The fourth-order valence-electron chi connectivity index (χ4n) is 2.30. The van der Waals surface area contributed by atoms with Crippen LogP contribution in [0, 0.1) is 5.92 Å². The van der Waals surface area contributed by atoms with E-state index in [2.05, 4.69) is 40.3 Å². The maximum Gasteiger partial charge on any atom is 0.254 e. The molecule has 0 saturated heterocycles. The predicted molar refractivity (Wildman–Crippen MR) is 70.6 cm³/mol. The molecule has 5 nitrogen and oxygen atoms in total. The Morgan fingerprint density at radius 1 is 1.50 bits per heavy atom. The number of nitrogens with zero attached hydrogens (tertiary/aromatic N) is 4. The van der Waals surface area contributed by atoms with Crippen molar-refractivity contribution in [3.63, 3.8) is 0 Å². The highest BCUT2D eigenvalue weighted by Crippen LogP contribution is 2.33. The molecule has 1 aliphatic rings. The van der Waals surface area contributed by atoms with Crippen molar-refractivity contribution in [1.82, 2.24) is 19.6 Å². The molecule has 3 rings (SSSR count). The molecule has 0 unspecified atom stereocenters. The molecule has 18 heavy (non-hydrogen) atoms. The molecule has 1 N–H and O–H groups in total. The first-order chi connectivity index (χ1) is 8.78. The average molecular weight is 245 g/mol. The van der Waals surface area contributed by atoms with Gasteiger partial charge in [-0.05, 0) is 32.1 Å². The molecule has 0 aliphatic heterocycles. The lowest BCUT2D eigenvalue weighted by atomic mass is 10.2. The molecule has 0 spiro atoms. The van der Waals surface area contributed by atoms with Crippen LogP contribution in [-0.2, 0) is 6.42 Å². The van der Waals surface area contributed by atoms with Gasteiger partial charge in [-0.3, -0.25) is 0 Å². The van der Waals surface area contributed by atoms with Crippen LogP contribution in [0.4, 0.5) is 5.82 Å². The van der Waals surface area contributed by atoms with E-state index in [1.165, 1.54) is 12.8 Å². The lowest BCUT2D eigenvalue weighted by Gasteiger charge is -2.15. The Morgan fingerprint density at radius 2 is 2.33 bits per heavy atom. The van der Waals surface area contributed by atoms with Crippen LogP contribution in [0.1, 0.15) is 38.8 Å². The third kappa shape index (κ3) is 2.17. The smallest absolute Gasteiger partial charge is 0.254 e. The van der Waals surface area contributed by atoms with E-state index in [1.807, 2.05) is 0 Å². The van der Waals surface area contributed by atoms with Gasteiger partial charge in [-0.25, -0.2) is 4.98 Å². The summed E-state index contributed by atoms with van der Waals surface area (Å²) in [6, 6.07) is 2.60. The van der Waals surface area contributed by atoms with Crippen LogP contribution in [0.15, 0.2) is 12.4 Å². The third-order valence-electron chi connectivity index (χ3n) is 3.52. The Morgan fingerprint density at radius 3 is 3.06 bits per heavy atom. The van der Waals surface area contributed by atoms with E-state index in [4.69, 9.17) is 0 Å². The minimum Gasteiger partial charge on any atom is -0.367 e. The molecule has 0 bridgehead atoms. The lowest BCUT2D eigenvalue weighted by Crippen LogP contribution is -2.20. The van der Waals surface area contributed by atoms with E-state index in [0.717, 1.165) is 30.3 Å². The van der Waals surface area contributed by atoms with Gasteiger partial charge in [-0.1, -0.05) is 13.3 Å². The van der Waals surface area contributed by atoms with Crippen LogP contribution >= 0.6 is 0 Å². The number of anilines is 1. The molecule has 0 aromatic carbocycles. The predicted octanol–water partition coefficient (Wildman–Crippen LogP) is 2.29. The van der Waals surface area contributed by atoms with Crippen LogP contribution in [-0.4, -0.2) is 25.6 Å². The standard InChI is InChI=1S/C13H19N5/c1-3-4-11-7-12(16-9(2)10-5-6-10)18-13(17-11)14-8-15-18/h7-10,16H,3-6H2,1-2H3/t9-/m0/s1. The van der Waals surface area contributed by atoms with Gasteiger partial charge in [0.05, 0.1) is 0 Å². The number of hydrogen-bond donors (Lipinski definition) is 1. The summed E-state index contributed by atoms with van der Waals surface area (Å²) in [5.74, 6) is 2.51. The van der Waals surface area contributed by atoms with Gasteiger partial charge in [0.2, 0.25) is 0 Å². The van der Waals surface area contributed by atoms with Crippen molar-refractivity contribution in [3.8, 4) is 0 Å². The van der Waals surface area contributed by atoms with Gasteiger partial charge in [0, 0.05) is 17.8 Å². The second-order valence-electron chi connectivity index (χ2n) is 5.13. The molecule has 2 heterocycles. The van der Waals surface area contributed by atoms with Crippen LogP contribution < -0.4 is 5.32 Å². The fraction of sp³-hybridized carbons (Fsp3) is 0.615. The highest BCUT2D eigenvalue weighted by atomic mass is 15.4.